The van der Waals surface area contributed by atoms with Gasteiger partial charge >= 0.3 is 5.97 Å². The zero-order valence-electron chi connectivity index (χ0n) is 27.7. The highest BCUT2D eigenvalue weighted by Gasteiger charge is 2.64. The van der Waals surface area contributed by atoms with Gasteiger partial charge in [0.2, 0.25) is 0 Å². The third-order valence-electron chi connectivity index (χ3n) is 13.9. The van der Waals surface area contributed by atoms with Crippen molar-refractivity contribution < 1.29 is 9.53 Å². The Labute approximate surface area is 251 Å². The van der Waals surface area contributed by atoms with Crippen molar-refractivity contribution in [1.29, 1.82) is 0 Å². The van der Waals surface area contributed by atoms with Gasteiger partial charge in [-0.3, -0.25) is 4.79 Å². The zero-order valence-corrected chi connectivity index (χ0v) is 27.7. The van der Waals surface area contributed by atoms with Gasteiger partial charge in [0.25, 0.3) is 0 Å². The highest BCUT2D eigenvalue weighted by molar-refractivity contribution is 5.80. The molecule has 0 aromatic rings. The van der Waals surface area contributed by atoms with Crippen molar-refractivity contribution in [3.8, 4) is 0 Å². The van der Waals surface area contributed by atoms with Crippen LogP contribution in [0.2, 0.25) is 0 Å². The largest absolute Gasteiger partial charge is 0.461 e. The van der Waals surface area contributed by atoms with Gasteiger partial charge in [0, 0.05) is 23.2 Å². The van der Waals surface area contributed by atoms with E-state index >= 15 is 0 Å². The highest BCUT2D eigenvalue weighted by atomic mass is 16.5. The van der Waals surface area contributed by atoms with E-state index in [4.69, 9.17) is 16.2 Å². The van der Waals surface area contributed by atoms with E-state index < -0.39 is 5.41 Å². The lowest BCUT2D eigenvalue weighted by molar-refractivity contribution is -0.201. The molecule has 232 valence electrons. The number of nitrogens with two attached hydrogens (primary N) is 2. The minimum absolute atomic E-state index is 0.0425. The lowest BCUT2D eigenvalue weighted by atomic mass is 9.41. The Morgan fingerprint density at radius 1 is 0.902 bits per heavy atom. The van der Waals surface area contributed by atoms with Crippen molar-refractivity contribution in [3.63, 3.8) is 0 Å². The fourth-order valence-electron chi connectivity index (χ4n) is 11.9. The number of esters is 1. The predicted molar refractivity (Wildman–Crippen MR) is 169 cm³/mol. The molecule has 5 aliphatic carbocycles. The molecule has 0 saturated heterocycles. The van der Waals surface area contributed by atoms with Crippen LogP contribution in [0.4, 0.5) is 0 Å². The molecule has 5 rings (SSSR count). The van der Waals surface area contributed by atoms with Crippen LogP contribution in [0.3, 0.4) is 0 Å². The van der Waals surface area contributed by atoms with E-state index in [1.54, 1.807) is 6.08 Å². The Kier molecular flexibility index (Phi) is 8.25. The maximum atomic E-state index is 13.6. The van der Waals surface area contributed by atoms with Gasteiger partial charge in [-0.1, -0.05) is 67.7 Å². The van der Waals surface area contributed by atoms with Crippen molar-refractivity contribution in [2.45, 2.75) is 139 Å². The molecule has 4 fully saturated rings. The molecule has 5 aliphatic rings. The Morgan fingerprint density at radius 3 is 2.27 bits per heavy atom. The van der Waals surface area contributed by atoms with E-state index in [1.807, 2.05) is 13.0 Å². The second kappa shape index (κ2) is 10.9. The number of carbonyl (C=O) groups excluding carboxylic acids is 1. The van der Waals surface area contributed by atoms with Gasteiger partial charge in [-0.25, -0.2) is 0 Å². The molecule has 0 aromatic heterocycles. The van der Waals surface area contributed by atoms with Crippen LogP contribution in [-0.2, 0) is 9.53 Å². The van der Waals surface area contributed by atoms with E-state index in [9.17, 15) is 4.79 Å². The Hall–Kier alpha value is -1.45. The average molecular weight is 567 g/mol. The summed E-state index contributed by atoms with van der Waals surface area (Å²) in [5.41, 5.74) is 13.5. The molecule has 0 aromatic carbocycles. The van der Waals surface area contributed by atoms with Crippen LogP contribution < -0.4 is 11.5 Å². The molecule has 0 aliphatic heterocycles. The number of allylic oxidation sites excluding steroid dienone is 2. The van der Waals surface area contributed by atoms with Crippen LogP contribution in [0.15, 0.2) is 23.5 Å². The number of carbonyl (C=O) groups is 1. The molecule has 10 atom stereocenters. The van der Waals surface area contributed by atoms with Gasteiger partial charge in [0.05, 0.1) is 5.41 Å². The molecule has 4 heteroatoms. The lowest BCUT2D eigenvalue weighted by Gasteiger charge is -2.65. The summed E-state index contributed by atoms with van der Waals surface area (Å²) in [6, 6.07) is 0. The van der Waals surface area contributed by atoms with Gasteiger partial charge in [0.15, 0.2) is 0 Å². The first-order chi connectivity index (χ1) is 19.1. The van der Waals surface area contributed by atoms with Gasteiger partial charge < -0.3 is 16.2 Å². The molecule has 4 N–H and O–H groups in total. The summed E-state index contributed by atoms with van der Waals surface area (Å²) in [4.78, 5) is 13.6. The van der Waals surface area contributed by atoms with Crippen molar-refractivity contribution in [3.05, 3.63) is 23.5 Å². The van der Waals surface area contributed by atoms with Gasteiger partial charge in [-0.2, -0.15) is 0 Å². The first-order valence-electron chi connectivity index (χ1n) is 17.3. The summed E-state index contributed by atoms with van der Waals surface area (Å²) in [6.45, 7) is 19.4. The van der Waals surface area contributed by atoms with Crippen LogP contribution in [0, 0.1) is 63.1 Å². The summed E-state index contributed by atoms with van der Waals surface area (Å²) in [6.07, 6.45) is 18.7. The standard InChI is InChI=1S/C37H62N2O2/c1-23(2)10-9-11-24(3)28-13-14-29-27-12-15-31-34(4,5)32(17-19-37(31,8)30(27)16-18-36(28,29)7)41-33(40)35(6)21-25(38)20-26(39)22-35/h20-21,23-24,27-32H,9-19,22,38-39H2,1-8H3/t24-,27?,28?,29?,30?,31?,32?,35?,36?,37?/m1/s1. The molecule has 0 bridgehead atoms. The number of fused-ring (bicyclic) bond motifs is 5. The number of hydrogen-bond donors (Lipinski definition) is 2. The molecule has 41 heavy (non-hydrogen) atoms. The van der Waals surface area contributed by atoms with E-state index in [0.717, 1.165) is 41.9 Å². The molecule has 0 spiro atoms. The van der Waals surface area contributed by atoms with Gasteiger partial charge in [-0.05, 0) is 123 Å². The summed E-state index contributed by atoms with van der Waals surface area (Å²) in [5, 5.41) is 0. The maximum Gasteiger partial charge on any atom is 0.316 e. The molecule has 9 unspecified atom stereocenters. The van der Waals surface area contributed by atoms with Crippen molar-refractivity contribution in [2.75, 3.05) is 0 Å². The van der Waals surface area contributed by atoms with Crippen LogP contribution >= 0.6 is 0 Å². The van der Waals surface area contributed by atoms with Crippen LogP contribution in [-0.4, -0.2) is 12.1 Å². The minimum Gasteiger partial charge on any atom is -0.461 e. The topological polar surface area (TPSA) is 78.3 Å². The predicted octanol–water partition coefficient (Wildman–Crippen LogP) is 8.75. The third kappa shape index (κ3) is 5.30. The second-order valence-corrected chi connectivity index (χ2v) is 17.3. The van der Waals surface area contributed by atoms with E-state index in [2.05, 4.69) is 48.5 Å². The molecule has 4 saturated carbocycles. The number of rotatable bonds is 7. The molecule has 0 radical (unpaired) electrons. The van der Waals surface area contributed by atoms with Gasteiger partial charge in [0.1, 0.15) is 6.10 Å². The first-order valence-corrected chi connectivity index (χ1v) is 17.3. The fourth-order valence-corrected chi connectivity index (χ4v) is 11.9. The Bertz CT molecular complexity index is 1060. The van der Waals surface area contributed by atoms with E-state index in [0.29, 0.717) is 34.6 Å². The summed E-state index contributed by atoms with van der Waals surface area (Å²) >= 11 is 0. The average Bonchev–Trinajstić information content (AvgIpc) is 3.22. The summed E-state index contributed by atoms with van der Waals surface area (Å²) in [5.74, 6) is 5.60. The van der Waals surface area contributed by atoms with Crippen molar-refractivity contribution in [2.24, 2.45) is 74.6 Å². The Balaban J connectivity index is 1.28. The number of hydrogen-bond acceptors (Lipinski definition) is 4. The van der Waals surface area contributed by atoms with Crippen LogP contribution in [0.25, 0.3) is 0 Å². The second-order valence-electron chi connectivity index (χ2n) is 17.3. The molecule has 0 heterocycles. The van der Waals surface area contributed by atoms with Crippen molar-refractivity contribution >= 4 is 5.97 Å². The fraction of sp³-hybridized carbons (Fsp3) is 0.865. The first kappa shape index (κ1) is 31.0. The zero-order chi connectivity index (χ0) is 30.0. The summed E-state index contributed by atoms with van der Waals surface area (Å²) < 4.78 is 6.43. The highest BCUT2D eigenvalue weighted by Crippen LogP contribution is 2.70. The van der Waals surface area contributed by atoms with Crippen LogP contribution in [0.1, 0.15) is 132 Å². The Morgan fingerprint density at radius 2 is 1.59 bits per heavy atom. The third-order valence-corrected chi connectivity index (χ3v) is 13.9. The van der Waals surface area contributed by atoms with E-state index in [-0.39, 0.29) is 17.5 Å². The molecule has 4 nitrogen and oxygen atoms in total. The smallest absolute Gasteiger partial charge is 0.316 e. The molecular weight excluding hydrogens is 504 g/mol. The van der Waals surface area contributed by atoms with E-state index in [1.165, 1.54) is 64.2 Å². The quantitative estimate of drug-likeness (QED) is 0.302. The summed E-state index contributed by atoms with van der Waals surface area (Å²) in [7, 11) is 0. The van der Waals surface area contributed by atoms with Crippen molar-refractivity contribution in [1.82, 2.24) is 0 Å². The minimum atomic E-state index is -0.782. The van der Waals surface area contributed by atoms with Crippen LogP contribution in [0.5, 0.6) is 0 Å². The number of ether oxygens (including phenoxy) is 1. The normalized spacial score (nSPS) is 44.2. The maximum absolute atomic E-state index is 13.6. The van der Waals surface area contributed by atoms with Gasteiger partial charge in [-0.15, -0.1) is 0 Å². The SMILES string of the molecule is CC(C)CCC[C@@H](C)C1CCC2C3CCC4C(C)(C)C(OC(=O)C5(C)C=C(N)C=C(N)C5)CCC4(C)C3CCC21C. The molecular formula is C37H62N2O2. The lowest BCUT2D eigenvalue weighted by Crippen LogP contribution is -2.60. The monoisotopic (exact) mass is 566 g/mol. The molecule has 0 amide bonds.